The fourth-order valence-electron chi connectivity index (χ4n) is 0.981. The molecule has 1 aliphatic rings. The molecule has 0 fully saturated rings. The first-order valence-corrected chi connectivity index (χ1v) is 3.32. The van der Waals surface area contributed by atoms with Crippen LogP contribution in [0.25, 0.3) is 0 Å². The van der Waals surface area contributed by atoms with Gasteiger partial charge in [0.2, 0.25) is 0 Å². The van der Waals surface area contributed by atoms with Crippen molar-refractivity contribution in [1.82, 2.24) is 0 Å². The van der Waals surface area contributed by atoms with Crippen molar-refractivity contribution in [2.45, 2.75) is 12.0 Å². The average molecular weight is 169 g/mol. The zero-order valence-electron chi connectivity index (χ0n) is 6.14. The van der Waals surface area contributed by atoms with Crippen molar-refractivity contribution in [1.29, 1.82) is 0 Å². The maximum Gasteiger partial charge on any atom is 0.387 e. The number of nitro groups is 1. The monoisotopic (exact) mass is 169 g/mol. The predicted molar refractivity (Wildman–Crippen MR) is 40.3 cm³/mol. The SMILES string of the molecule is O=C(O)C1([N+](=O)[O-])C=CC=CC1. The van der Waals surface area contributed by atoms with E-state index in [1.54, 1.807) is 6.08 Å². The van der Waals surface area contributed by atoms with Gasteiger partial charge in [0.15, 0.2) is 0 Å². The van der Waals surface area contributed by atoms with Gasteiger partial charge in [-0.3, -0.25) is 10.1 Å². The lowest BCUT2D eigenvalue weighted by molar-refractivity contribution is -0.540. The van der Waals surface area contributed by atoms with E-state index < -0.39 is 16.4 Å². The molecule has 0 saturated heterocycles. The Morgan fingerprint density at radius 2 is 2.25 bits per heavy atom. The first-order valence-electron chi connectivity index (χ1n) is 3.32. The van der Waals surface area contributed by atoms with Gasteiger partial charge in [0.25, 0.3) is 0 Å². The van der Waals surface area contributed by atoms with Gasteiger partial charge in [-0.15, -0.1) is 0 Å². The van der Waals surface area contributed by atoms with Crippen LogP contribution in [0.3, 0.4) is 0 Å². The Balaban J connectivity index is 3.04. The lowest BCUT2D eigenvalue weighted by Crippen LogP contribution is -2.44. The maximum atomic E-state index is 10.6. The fourth-order valence-corrected chi connectivity index (χ4v) is 0.981. The number of hydrogen-bond donors (Lipinski definition) is 1. The molecule has 0 heterocycles. The summed E-state index contributed by atoms with van der Waals surface area (Å²) in [6.45, 7) is 0. The van der Waals surface area contributed by atoms with Crippen molar-refractivity contribution in [2.24, 2.45) is 0 Å². The number of carboxylic acids is 1. The van der Waals surface area contributed by atoms with Gasteiger partial charge in [0.1, 0.15) is 0 Å². The van der Waals surface area contributed by atoms with Crippen molar-refractivity contribution in [2.75, 3.05) is 0 Å². The molecule has 0 spiro atoms. The molecule has 1 atom stereocenters. The van der Waals surface area contributed by atoms with E-state index in [4.69, 9.17) is 5.11 Å². The van der Waals surface area contributed by atoms with Crippen LogP contribution in [-0.4, -0.2) is 21.5 Å². The number of rotatable bonds is 2. The van der Waals surface area contributed by atoms with E-state index in [9.17, 15) is 14.9 Å². The second-order valence-electron chi connectivity index (χ2n) is 2.48. The van der Waals surface area contributed by atoms with Crippen LogP contribution in [0.4, 0.5) is 0 Å². The molecule has 1 rings (SSSR count). The molecule has 0 aromatic heterocycles. The lowest BCUT2D eigenvalue weighted by Gasteiger charge is -2.16. The molecule has 0 aliphatic heterocycles. The first kappa shape index (κ1) is 8.45. The number of allylic oxidation sites excluding steroid dienone is 2. The highest BCUT2D eigenvalue weighted by molar-refractivity contribution is 5.80. The molecular weight excluding hydrogens is 162 g/mol. The Hall–Kier alpha value is -1.65. The van der Waals surface area contributed by atoms with E-state index >= 15 is 0 Å². The Morgan fingerprint density at radius 1 is 1.58 bits per heavy atom. The standard InChI is InChI=1S/C7H7NO4/c9-6(10)7(8(11)12)4-2-1-3-5-7/h1-4H,5H2,(H,9,10). The van der Waals surface area contributed by atoms with E-state index in [1.165, 1.54) is 12.2 Å². The molecule has 1 aliphatic carbocycles. The van der Waals surface area contributed by atoms with Crippen molar-refractivity contribution < 1.29 is 14.8 Å². The van der Waals surface area contributed by atoms with Crippen LogP contribution in [0.5, 0.6) is 0 Å². The van der Waals surface area contributed by atoms with Gasteiger partial charge in [0, 0.05) is 11.0 Å². The fraction of sp³-hybridized carbons (Fsp3) is 0.286. The Bertz CT molecular complexity index is 265. The predicted octanol–water partition coefficient (Wildman–Crippen LogP) is 0.603. The molecule has 1 unspecified atom stereocenters. The number of hydrogen-bond acceptors (Lipinski definition) is 3. The molecule has 0 aromatic rings. The van der Waals surface area contributed by atoms with Crippen LogP contribution in [-0.2, 0) is 4.79 Å². The molecule has 5 nitrogen and oxygen atoms in total. The van der Waals surface area contributed by atoms with Crippen molar-refractivity contribution in [3.63, 3.8) is 0 Å². The third kappa shape index (κ3) is 1.09. The summed E-state index contributed by atoms with van der Waals surface area (Å²) in [5.41, 5.74) is -1.95. The molecule has 0 bridgehead atoms. The Kier molecular flexibility index (Phi) is 1.95. The smallest absolute Gasteiger partial charge is 0.387 e. The van der Waals surface area contributed by atoms with Crippen molar-refractivity contribution >= 4 is 5.97 Å². The summed E-state index contributed by atoms with van der Waals surface area (Å²) >= 11 is 0. The topological polar surface area (TPSA) is 80.4 Å². The normalized spacial score (nSPS) is 27.0. The minimum absolute atomic E-state index is 0.0914. The highest BCUT2D eigenvalue weighted by atomic mass is 16.6. The van der Waals surface area contributed by atoms with Gasteiger partial charge >= 0.3 is 11.5 Å². The van der Waals surface area contributed by atoms with Gasteiger partial charge in [-0.1, -0.05) is 18.2 Å². The molecule has 0 aromatic carbocycles. The summed E-state index contributed by atoms with van der Waals surface area (Å²) in [6, 6.07) is 0. The third-order valence-electron chi connectivity index (χ3n) is 1.74. The van der Waals surface area contributed by atoms with Crippen LogP contribution >= 0.6 is 0 Å². The van der Waals surface area contributed by atoms with Gasteiger partial charge < -0.3 is 5.11 Å². The minimum Gasteiger partial charge on any atom is -0.476 e. The lowest BCUT2D eigenvalue weighted by atomic mass is 9.92. The Labute approximate surface area is 68.2 Å². The number of carboxylic acid groups (broad SMARTS) is 1. The van der Waals surface area contributed by atoms with Gasteiger partial charge in [-0.2, -0.15) is 0 Å². The average Bonchev–Trinajstić information content (AvgIpc) is 2.05. The highest BCUT2D eigenvalue weighted by Crippen LogP contribution is 2.21. The van der Waals surface area contributed by atoms with E-state index in [-0.39, 0.29) is 6.42 Å². The summed E-state index contributed by atoms with van der Waals surface area (Å²) in [7, 11) is 0. The summed E-state index contributed by atoms with van der Waals surface area (Å²) in [6.07, 6.45) is 5.43. The zero-order chi connectivity index (χ0) is 9.19. The van der Waals surface area contributed by atoms with Crippen LogP contribution in [0.15, 0.2) is 24.3 Å². The summed E-state index contributed by atoms with van der Waals surface area (Å²) in [5, 5.41) is 19.1. The number of carbonyl (C=O) groups is 1. The highest BCUT2D eigenvalue weighted by Gasteiger charge is 2.48. The third-order valence-corrected chi connectivity index (χ3v) is 1.74. The van der Waals surface area contributed by atoms with Crippen molar-refractivity contribution in [3.05, 3.63) is 34.4 Å². The molecule has 0 saturated carbocycles. The quantitative estimate of drug-likeness (QED) is 0.484. The minimum atomic E-state index is -1.95. The summed E-state index contributed by atoms with van der Waals surface area (Å²) in [4.78, 5) is 20.3. The number of nitrogens with zero attached hydrogens (tertiary/aromatic N) is 1. The number of aliphatic carboxylic acids is 1. The zero-order valence-corrected chi connectivity index (χ0v) is 6.14. The second-order valence-corrected chi connectivity index (χ2v) is 2.48. The van der Waals surface area contributed by atoms with Crippen LogP contribution in [0.2, 0.25) is 0 Å². The van der Waals surface area contributed by atoms with E-state index in [0.717, 1.165) is 6.08 Å². The largest absolute Gasteiger partial charge is 0.476 e. The van der Waals surface area contributed by atoms with Crippen LogP contribution in [0, 0.1) is 10.1 Å². The molecule has 12 heavy (non-hydrogen) atoms. The van der Waals surface area contributed by atoms with E-state index in [2.05, 4.69) is 0 Å². The van der Waals surface area contributed by atoms with Crippen molar-refractivity contribution in [3.8, 4) is 0 Å². The first-order chi connectivity index (χ1) is 5.59. The molecular formula is C7H7NO4. The van der Waals surface area contributed by atoms with Gasteiger partial charge in [-0.25, -0.2) is 4.79 Å². The molecule has 5 heteroatoms. The Morgan fingerprint density at radius 3 is 2.50 bits per heavy atom. The van der Waals surface area contributed by atoms with Gasteiger partial charge in [0.05, 0.1) is 6.42 Å². The summed E-state index contributed by atoms with van der Waals surface area (Å²) < 4.78 is 0. The molecule has 64 valence electrons. The molecule has 0 amide bonds. The molecule has 1 N–H and O–H groups in total. The molecule has 0 radical (unpaired) electrons. The van der Waals surface area contributed by atoms with Crippen LogP contribution in [0.1, 0.15) is 6.42 Å². The maximum absolute atomic E-state index is 10.6. The summed E-state index contributed by atoms with van der Waals surface area (Å²) in [5.74, 6) is -1.42. The van der Waals surface area contributed by atoms with Gasteiger partial charge in [-0.05, 0) is 0 Å². The van der Waals surface area contributed by atoms with E-state index in [0.29, 0.717) is 0 Å². The van der Waals surface area contributed by atoms with Crippen LogP contribution < -0.4 is 0 Å². The van der Waals surface area contributed by atoms with E-state index in [1.807, 2.05) is 0 Å². The second kappa shape index (κ2) is 2.77.